The highest BCUT2D eigenvalue weighted by Gasteiger charge is 2.37. The number of ether oxygens (including phenoxy) is 2. The molecule has 0 amide bonds. The van der Waals surface area contributed by atoms with E-state index in [0.717, 1.165) is 37.0 Å². The molecule has 0 heterocycles. The van der Waals surface area contributed by atoms with Crippen LogP contribution in [0.5, 0.6) is 11.5 Å². The second-order valence-corrected chi connectivity index (χ2v) is 8.91. The highest BCUT2D eigenvalue weighted by Crippen LogP contribution is 2.41. The van der Waals surface area contributed by atoms with Crippen molar-refractivity contribution in [2.24, 2.45) is 0 Å². The number of aryl methyl sites for hydroxylation is 1. The first-order valence-electron chi connectivity index (χ1n) is 9.19. The predicted molar refractivity (Wildman–Crippen MR) is 106 cm³/mol. The summed E-state index contributed by atoms with van der Waals surface area (Å²) in [5.41, 5.74) is 1.67. The molecule has 6 heteroatoms. The van der Waals surface area contributed by atoms with E-state index < -0.39 is 10.0 Å². The van der Waals surface area contributed by atoms with Crippen molar-refractivity contribution in [2.45, 2.75) is 42.9 Å². The highest BCUT2D eigenvalue weighted by molar-refractivity contribution is 7.89. The number of hydrogen-bond donors (Lipinski definition) is 1. The smallest absolute Gasteiger partial charge is 0.240 e. The Bertz CT molecular complexity index is 885. The second kappa shape index (κ2) is 7.90. The van der Waals surface area contributed by atoms with Crippen LogP contribution in [0.1, 0.15) is 36.8 Å². The van der Waals surface area contributed by atoms with Crippen LogP contribution in [0.15, 0.2) is 47.4 Å². The van der Waals surface area contributed by atoms with Crippen LogP contribution in [0.3, 0.4) is 0 Å². The minimum atomic E-state index is -3.59. The Kier molecular flexibility index (Phi) is 5.77. The lowest BCUT2D eigenvalue weighted by molar-refractivity contribution is 0.410. The summed E-state index contributed by atoms with van der Waals surface area (Å²) in [5.74, 6) is 1.46. The van der Waals surface area contributed by atoms with E-state index in [1.807, 2.05) is 12.1 Å². The van der Waals surface area contributed by atoms with Gasteiger partial charge in [-0.1, -0.05) is 25.0 Å². The third-order valence-corrected chi connectivity index (χ3v) is 7.10. The molecule has 1 saturated carbocycles. The molecule has 0 unspecified atom stereocenters. The van der Waals surface area contributed by atoms with E-state index in [1.165, 1.54) is 0 Å². The minimum Gasteiger partial charge on any atom is -0.497 e. The summed E-state index contributed by atoms with van der Waals surface area (Å²) in [7, 11) is -0.379. The van der Waals surface area contributed by atoms with Crippen LogP contribution in [-0.4, -0.2) is 29.2 Å². The van der Waals surface area contributed by atoms with Crippen molar-refractivity contribution in [2.75, 3.05) is 20.8 Å². The molecular formula is C21H27NO4S. The Morgan fingerprint density at radius 3 is 2.11 bits per heavy atom. The van der Waals surface area contributed by atoms with Gasteiger partial charge < -0.3 is 9.47 Å². The molecule has 0 bridgehead atoms. The molecule has 5 nitrogen and oxygen atoms in total. The van der Waals surface area contributed by atoms with Gasteiger partial charge in [-0.05, 0) is 61.2 Å². The lowest BCUT2D eigenvalue weighted by atomic mass is 9.79. The second-order valence-electron chi connectivity index (χ2n) is 7.17. The zero-order chi connectivity index (χ0) is 19.5. The monoisotopic (exact) mass is 389 g/mol. The molecule has 1 fully saturated rings. The van der Waals surface area contributed by atoms with Crippen LogP contribution in [0.25, 0.3) is 0 Å². The van der Waals surface area contributed by atoms with Gasteiger partial charge in [-0.25, -0.2) is 13.1 Å². The standard InChI is InChI=1S/C21H27NO4S/c1-16-14-19(26-3)10-11-20(16)27(23,24)22-15-21(12-4-5-13-21)17-6-8-18(25-2)9-7-17/h6-11,14,22H,4-5,12-13,15H2,1-3H3. The van der Waals surface area contributed by atoms with Gasteiger partial charge in [0.15, 0.2) is 0 Å². The van der Waals surface area contributed by atoms with Gasteiger partial charge in [-0.2, -0.15) is 0 Å². The topological polar surface area (TPSA) is 64.6 Å². The van der Waals surface area contributed by atoms with Gasteiger partial charge >= 0.3 is 0 Å². The molecule has 27 heavy (non-hydrogen) atoms. The van der Waals surface area contributed by atoms with Crippen LogP contribution in [-0.2, 0) is 15.4 Å². The van der Waals surface area contributed by atoms with Crippen molar-refractivity contribution < 1.29 is 17.9 Å². The summed E-state index contributed by atoms with van der Waals surface area (Å²) in [6, 6.07) is 13.0. The molecule has 1 aliphatic rings. The lowest BCUT2D eigenvalue weighted by Gasteiger charge is -2.30. The Morgan fingerprint density at radius 2 is 1.56 bits per heavy atom. The molecule has 146 valence electrons. The van der Waals surface area contributed by atoms with Crippen LogP contribution < -0.4 is 14.2 Å². The summed E-state index contributed by atoms with van der Waals surface area (Å²) < 4.78 is 39.1. The molecular weight excluding hydrogens is 362 g/mol. The van der Waals surface area contributed by atoms with Crippen molar-refractivity contribution >= 4 is 10.0 Å². The van der Waals surface area contributed by atoms with Gasteiger partial charge in [0, 0.05) is 12.0 Å². The molecule has 0 radical (unpaired) electrons. The molecule has 2 aromatic carbocycles. The normalized spacial score (nSPS) is 16.3. The molecule has 0 aromatic heterocycles. The number of hydrogen-bond acceptors (Lipinski definition) is 4. The largest absolute Gasteiger partial charge is 0.497 e. The van der Waals surface area contributed by atoms with Gasteiger partial charge in [-0.15, -0.1) is 0 Å². The molecule has 0 aliphatic heterocycles. The Hall–Kier alpha value is -2.05. The van der Waals surface area contributed by atoms with E-state index in [1.54, 1.807) is 39.3 Å². The number of methoxy groups -OCH3 is 2. The number of benzene rings is 2. The third-order valence-electron chi connectivity index (χ3n) is 5.54. The summed E-state index contributed by atoms with van der Waals surface area (Å²) in [5, 5.41) is 0. The average molecular weight is 390 g/mol. The van der Waals surface area contributed by atoms with Crippen LogP contribution in [0.2, 0.25) is 0 Å². The van der Waals surface area contributed by atoms with E-state index >= 15 is 0 Å². The fourth-order valence-corrected chi connectivity index (χ4v) is 5.28. The van der Waals surface area contributed by atoms with E-state index in [4.69, 9.17) is 9.47 Å². The molecule has 0 atom stereocenters. The molecule has 1 aliphatic carbocycles. The molecule has 1 N–H and O–H groups in total. The van der Waals surface area contributed by atoms with Crippen molar-refractivity contribution in [3.05, 3.63) is 53.6 Å². The van der Waals surface area contributed by atoms with Crippen LogP contribution in [0.4, 0.5) is 0 Å². The van der Waals surface area contributed by atoms with Gasteiger partial charge in [0.05, 0.1) is 19.1 Å². The maximum atomic E-state index is 12.9. The van der Waals surface area contributed by atoms with Crippen molar-refractivity contribution in [3.8, 4) is 11.5 Å². The van der Waals surface area contributed by atoms with Crippen LogP contribution >= 0.6 is 0 Å². The molecule has 2 aromatic rings. The quantitative estimate of drug-likeness (QED) is 0.782. The van der Waals surface area contributed by atoms with Crippen molar-refractivity contribution in [3.63, 3.8) is 0 Å². The fourth-order valence-electron chi connectivity index (χ4n) is 3.93. The maximum Gasteiger partial charge on any atom is 0.240 e. The first kappa shape index (κ1) is 19.7. The van der Waals surface area contributed by atoms with E-state index in [2.05, 4.69) is 16.9 Å². The zero-order valence-corrected chi connectivity index (χ0v) is 16.9. The van der Waals surface area contributed by atoms with Crippen LogP contribution in [0, 0.1) is 6.92 Å². The number of sulfonamides is 1. The summed E-state index contributed by atoms with van der Waals surface area (Å²) in [4.78, 5) is 0.297. The predicted octanol–water partition coefficient (Wildman–Crippen LogP) is 3.80. The Labute approximate surface area is 161 Å². The first-order chi connectivity index (χ1) is 12.9. The van der Waals surface area contributed by atoms with Crippen molar-refractivity contribution in [1.29, 1.82) is 0 Å². The molecule has 0 saturated heterocycles. The highest BCUT2D eigenvalue weighted by atomic mass is 32.2. The van der Waals surface area contributed by atoms with Gasteiger partial charge in [0.2, 0.25) is 10.0 Å². The maximum absolute atomic E-state index is 12.9. The minimum absolute atomic E-state index is 0.167. The zero-order valence-electron chi connectivity index (χ0n) is 16.1. The summed E-state index contributed by atoms with van der Waals surface area (Å²) >= 11 is 0. The number of rotatable bonds is 7. The SMILES string of the molecule is COc1ccc(C2(CNS(=O)(=O)c3ccc(OC)cc3C)CCCC2)cc1. The van der Waals surface area contributed by atoms with Gasteiger partial charge in [0.1, 0.15) is 11.5 Å². The summed E-state index contributed by atoms with van der Waals surface area (Å²) in [6.07, 6.45) is 4.16. The van der Waals surface area contributed by atoms with E-state index in [0.29, 0.717) is 22.8 Å². The van der Waals surface area contributed by atoms with Gasteiger partial charge in [-0.3, -0.25) is 0 Å². The Morgan fingerprint density at radius 1 is 0.963 bits per heavy atom. The lowest BCUT2D eigenvalue weighted by Crippen LogP contribution is -2.39. The van der Waals surface area contributed by atoms with E-state index in [9.17, 15) is 8.42 Å². The summed E-state index contributed by atoms with van der Waals surface area (Å²) in [6.45, 7) is 2.18. The molecule has 0 spiro atoms. The fraction of sp³-hybridized carbons (Fsp3) is 0.429. The van der Waals surface area contributed by atoms with E-state index in [-0.39, 0.29) is 5.41 Å². The third kappa shape index (κ3) is 4.12. The molecule has 3 rings (SSSR count). The Balaban J connectivity index is 1.83. The average Bonchev–Trinajstić information content (AvgIpc) is 3.16. The number of nitrogens with one attached hydrogen (secondary N) is 1. The first-order valence-corrected chi connectivity index (χ1v) is 10.7. The van der Waals surface area contributed by atoms with Gasteiger partial charge in [0.25, 0.3) is 0 Å². The van der Waals surface area contributed by atoms with Crippen molar-refractivity contribution in [1.82, 2.24) is 4.72 Å².